The summed E-state index contributed by atoms with van der Waals surface area (Å²) in [6, 6.07) is 13.0. The summed E-state index contributed by atoms with van der Waals surface area (Å²) in [7, 11) is 1.49. The van der Waals surface area contributed by atoms with Crippen LogP contribution in [0.5, 0.6) is 11.5 Å². The van der Waals surface area contributed by atoms with Crippen molar-refractivity contribution in [2.24, 2.45) is 0 Å². The van der Waals surface area contributed by atoms with Crippen LogP contribution in [-0.4, -0.2) is 12.0 Å². The number of hydrogen-bond acceptors (Lipinski definition) is 5. The van der Waals surface area contributed by atoms with Crippen LogP contribution in [0.2, 0.25) is 0 Å². The second-order valence-corrected chi connectivity index (χ2v) is 4.18. The predicted octanol–water partition coefficient (Wildman–Crippen LogP) is 3.05. The van der Waals surface area contributed by atoms with E-state index in [1.165, 1.54) is 25.3 Å². The van der Waals surface area contributed by atoms with Gasteiger partial charge in [-0.25, -0.2) is 0 Å². The van der Waals surface area contributed by atoms with Gasteiger partial charge in [-0.3, -0.25) is 10.1 Å². The van der Waals surface area contributed by atoms with E-state index in [0.717, 1.165) is 0 Å². The number of nitrogens with zero attached hydrogens (tertiary/aromatic N) is 2. The SMILES string of the molecule is COc1ccc([N+](=O)[O-])cc1COc1ccc(C#N)cc1. The standard InChI is InChI=1S/C15H12N2O4/c1-20-15-7-4-13(17(18)19)8-12(15)10-21-14-5-2-11(9-16)3-6-14/h2-8H,10H2,1H3. The lowest BCUT2D eigenvalue weighted by molar-refractivity contribution is -0.385. The van der Waals surface area contributed by atoms with Gasteiger partial charge >= 0.3 is 0 Å². The van der Waals surface area contributed by atoms with E-state index in [9.17, 15) is 10.1 Å². The van der Waals surface area contributed by atoms with E-state index in [0.29, 0.717) is 22.6 Å². The van der Waals surface area contributed by atoms with Gasteiger partial charge in [0.15, 0.2) is 0 Å². The van der Waals surface area contributed by atoms with Gasteiger partial charge in [-0.2, -0.15) is 5.26 Å². The summed E-state index contributed by atoms with van der Waals surface area (Å²) in [5, 5.41) is 19.5. The first-order chi connectivity index (χ1) is 10.1. The third kappa shape index (κ3) is 3.48. The van der Waals surface area contributed by atoms with Crippen LogP contribution in [0, 0.1) is 21.4 Å². The maximum Gasteiger partial charge on any atom is 0.270 e. The molecule has 0 aliphatic carbocycles. The highest BCUT2D eigenvalue weighted by atomic mass is 16.6. The molecule has 0 aliphatic rings. The van der Waals surface area contributed by atoms with Gasteiger partial charge in [0.25, 0.3) is 5.69 Å². The van der Waals surface area contributed by atoms with Gasteiger partial charge < -0.3 is 9.47 Å². The Kier molecular flexibility index (Phi) is 4.36. The summed E-state index contributed by atoms with van der Waals surface area (Å²) < 4.78 is 10.7. The van der Waals surface area contributed by atoms with Crippen molar-refractivity contribution in [3.8, 4) is 17.6 Å². The molecule has 0 bridgehead atoms. The Labute approximate surface area is 121 Å². The van der Waals surface area contributed by atoms with Gasteiger partial charge in [0.2, 0.25) is 0 Å². The molecule has 6 nitrogen and oxygen atoms in total. The highest BCUT2D eigenvalue weighted by Gasteiger charge is 2.11. The molecular weight excluding hydrogens is 272 g/mol. The Bertz CT molecular complexity index is 690. The number of non-ortho nitro benzene ring substituents is 1. The number of nitriles is 1. The van der Waals surface area contributed by atoms with E-state index in [2.05, 4.69) is 0 Å². The van der Waals surface area contributed by atoms with Crippen LogP contribution in [0.25, 0.3) is 0 Å². The average Bonchev–Trinajstić information content (AvgIpc) is 2.53. The largest absolute Gasteiger partial charge is 0.496 e. The zero-order chi connectivity index (χ0) is 15.2. The summed E-state index contributed by atoms with van der Waals surface area (Å²) in [5.74, 6) is 1.09. The fraction of sp³-hybridized carbons (Fsp3) is 0.133. The van der Waals surface area contributed by atoms with Crippen LogP contribution in [0.1, 0.15) is 11.1 Å². The van der Waals surface area contributed by atoms with E-state index in [4.69, 9.17) is 14.7 Å². The molecule has 0 saturated carbocycles. The Morgan fingerprint density at radius 3 is 2.52 bits per heavy atom. The summed E-state index contributed by atoms with van der Waals surface area (Å²) in [6.45, 7) is 0.136. The average molecular weight is 284 g/mol. The summed E-state index contributed by atoms with van der Waals surface area (Å²) in [5.41, 5.74) is 1.10. The monoisotopic (exact) mass is 284 g/mol. The molecule has 2 rings (SSSR count). The molecule has 0 fully saturated rings. The van der Waals surface area contributed by atoms with Crippen LogP contribution in [0.15, 0.2) is 42.5 Å². The third-order valence-electron chi connectivity index (χ3n) is 2.85. The first kappa shape index (κ1) is 14.3. The molecule has 0 radical (unpaired) electrons. The molecular formula is C15H12N2O4. The number of nitro benzene ring substituents is 1. The van der Waals surface area contributed by atoms with Crippen molar-refractivity contribution in [2.45, 2.75) is 6.61 Å². The Balaban J connectivity index is 2.16. The molecule has 0 aromatic heterocycles. The van der Waals surface area contributed by atoms with Crippen molar-refractivity contribution in [3.05, 3.63) is 63.7 Å². The lowest BCUT2D eigenvalue weighted by Gasteiger charge is -2.10. The minimum absolute atomic E-state index is 0.0192. The molecule has 0 unspecified atom stereocenters. The zero-order valence-corrected chi connectivity index (χ0v) is 11.3. The topological polar surface area (TPSA) is 85.4 Å². The molecule has 0 amide bonds. The Hall–Kier alpha value is -3.07. The second-order valence-electron chi connectivity index (χ2n) is 4.18. The van der Waals surface area contributed by atoms with Crippen molar-refractivity contribution in [1.82, 2.24) is 0 Å². The summed E-state index contributed by atoms with van der Waals surface area (Å²) in [4.78, 5) is 10.3. The fourth-order valence-corrected chi connectivity index (χ4v) is 1.78. The van der Waals surface area contributed by atoms with Crippen molar-refractivity contribution >= 4 is 5.69 Å². The molecule has 21 heavy (non-hydrogen) atoms. The molecule has 0 aliphatic heterocycles. The quantitative estimate of drug-likeness (QED) is 0.622. The van der Waals surface area contributed by atoms with Crippen LogP contribution in [0.3, 0.4) is 0 Å². The smallest absolute Gasteiger partial charge is 0.270 e. The van der Waals surface area contributed by atoms with E-state index < -0.39 is 4.92 Å². The highest BCUT2D eigenvalue weighted by Crippen LogP contribution is 2.25. The minimum atomic E-state index is -0.468. The second kappa shape index (κ2) is 6.39. The molecule has 0 atom stereocenters. The number of nitro groups is 1. The minimum Gasteiger partial charge on any atom is -0.496 e. The van der Waals surface area contributed by atoms with E-state index in [1.807, 2.05) is 6.07 Å². The first-order valence-corrected chi connectivity index (χ1v) is 6.08. The Morgan fingerprint density at radius 1 is 1.24 bits per heavy atom. The van der Waals surface area contributed by atoms with Gasteiger partial charge in [-0.1, -0.05) is 0 Å². The number of ether oxygens (including phenoxy) is 2. The van der Waals surface area contributed by atoms with Gasteiger partial charge in [0, 0.05) is 17.7 Å². The number of rotatable bonds is 5. The lowest BCUT2D eigenvalue weighted by atomic mass is 10.2. The zero-order valence-electron chi connectivity index (χ0n) is 11.3. The maximum atomic E-state index is 10.8. The Morgan fingerprint density at radius 2 is 1.95 bits per heavy atom. The van der Waals surface area contributed by atoms with Crippen LogP contribution >= 0.6 is 0 Å². The summed E-state index contributed by atoms with van der Waals surface area (Å²) in [6.07, 6.45) is 0. The van der Waals surface area contributed by atoms with E-state index in [1.54, 1.807) is 24.3 Å². The number of methoxy groups -OCH3 is 1. The lowest BCUT2D eigenvalue weighted by Crippen LogP contribution is -2.00. The normalized spacial score (nSPS) is 9.71. The van der Waals surface area contributed by atoms with Gasteiger partial charge in [0.05, 0.1) is 23.7 Å². The molecule has 106 valence electrons. The van der Waals surface area contributed by atoms with E-state index >= 15 is 0 Å². The molecule has 0 saturated heterocycles. The van der Waals surface area contributed by atoms with Crippen molar-refractivity contribution in [1.29, 1.82) is 5.26 Å². The van der Waals surface area contributed by atoms with Gasteiger partial charge in [0.1, 0.15) is 18.1 Å². The van der Waals surface area contributed by atoms with Crippen molar-refractivity contribution in [3.63, 3.8) is 0 Å². The molecule has 0 N–H and O–H groups in total. The van der Waals surface area contributed by atoms with Crippen molar-refractivity contribution < 1.29 is 14.4 Å². The van der Waals surface area contributed by atoms with Crippen LogP contribution < -0.4 is 9.47 Å². The van der Waals surface area contributed by atoms with Gasteiger partial charge in [-0.05, 0) is 30.3 Å². The number of hydrogen-bond donors (Lipinski definition) is 0. The molecule has 0 heterocycles. The van der Waals surface area contributed by atoms with Crippen LogP contribution in [0.4, 0.5) is 5.69 Å². The first-order valence-electron chi connectivity index (χ1n) is 6.08. The highest BCUT2D eigenvalue weighted by molar-refractivity contribution is 5.44. The third-order valence-corrected chi connectivity index (χ3v) is 2.85. The number of benzene rings is 2. The predicted molar refractivity (Wildman–Crippen MR) is 75.1 cm³/mol. The molecule has 2 aromatic carbocycles. The van der Waals surface area contributed by atoms with Crippen molar-refractivity contribution in [2.75, 3.05) is 7.11 Å². The van der Waals surface area contributed by atoms with Gasteiger partial charge in [-0.15, -0.1) is 0 Å². The molecule has 0 spiro atoms. The maximum absolute atomic E-state index is 10.8. The fourth-order valence-electron chi connectivity index (χ4n) is 1.78. The van der Waals surface area contributed by atoms with E-state index in [-0.39, 0.29) is 12.3 Å². The summed E-state index contributed by atoms with van der Waals surface area (Å²) >= 11 is 0. The molecule has 2 aromatic rings. The molecule has 6 heteroatoms. The van der Waals surface area contributed by atoms with Crippen LogP contribution in [-0.2, 0) is 6.61 Å².